The molecule has 1 heterocycles. The van der Waals surface area contributed by atoms with Gasteiger partial charge >= 0.3 is 0 Å². The summed E-state index contributed by atoms with van der Waals surface area (Å²) in [7, 11) is 1.65. The summed E-state index contributed by atoms with van der Waals surface area (Å²) in [5, 5.41) is 7.54. The van der Waals surface area contributed by atoms with Crippen molar-refractivity contribution in [2.75, 3.05) is 20.3 Å². The van der Waals surface area contributed by atoms with Crippen LogP contribution in [0.25, 0.3) is 0 Å². The van der Waals surface area contributed by atoms with Gasteiger partial charge in [0.2, 0.25) is 0 Å². The van der Waals surface area contributed by atoms with Crippen molar-refractivity contribution < 1.29 is 14.3 Å². The van der Waals surface area contributed by atoms with Crippen molar-refractivity contribution in [2.24, 2.45) is 0 Å². The second-order valence-electron chi connectivity index (χ2n) is 7.20. The molecule has 0 atom stereocenters. The van der Waals surface area contributed by atoms with Crippen LogP contribution in [-0.2, 0) is 17.9 Å². The van der Waals surface area contributed by atoms with Gasteiger partial charge in [-0.05, 0) is 43.5 Å². The lowest BCUT2D eigenvalue weighted by Crippen LogP contribution is -2.26. The zero-order chi connectivity index (χ0) is 21.3. The number of methoxy groups -OCH3 is 1. The molecule has 3 aromatic rings. The molecule has 0 spiro atoms. The summed E-state index contributed by atoms with van der Waals surface area (Å²) in [6.07, 6.45) is 0.748. The van der Waals surface area contributed by atoms with E-state index in [1.165, 1.54) is 0 Å². The summed E-state index contributed by atoms with van der Waals surface area (Å²) in [5.41, 5.74) is 4.53. The topological polar surface area (TPSA) is 65.4 Å². The third-order valence-electron chi connectivity index (χ3n) is 4.96. The quantitative estimate of drug-likeness (QED) is 0.518. The minimum atomic E-state index is -0.0838. The molecule has 0 unspecified atom stereocenters. The molecule has 0 radical (unpaired) electrons. The van der Waals surface area contributed by atoms with Crippen LogP contribution in [0.4, 0.5) is 0 Å². The Balaban J connectivity index is 1.43. The number of aryl methyl sites for hydroxylation is 1. The van der Waals surface area contributed by atoms with Crippen LogP contribution in [0.3, 0.4) is 0 Å². The first-order valence-corrected chi connectivity index (χ1v) is 10.1. The normalized spacial score (nSPS) is 10.8. The molecule has 6 nitrogen and oxygen atoms in total. The van der Waals surface area contributed by atoms with E-state index in [0.29, 0.717) is 31.9 Å². The molecular weight excluding hydrogens is 378 g/mol. The summed E-state index contributed by atoms with van der Waals surface area (Å²) in [4.78, 5) is 12.6. The second kappa shape index (κ2) is 10.6. The van der Waals surface area contributed by atoms with E-state index < -0.39 is 0 Å². The first-order chi connectivity index (χ1) is 14.6. The van der Waals surface area contributed by atoms with Gasteiger partial charge in [0.25, 0.3) is 5.91 Å². The molecule has 158 valence electrons. The first-order valence-electron chi connectivity index (χ1n) is 10.1. The van der Waals surface area contributed by atoms with E-state index in [9.17, 15) is 4.79 Å². The Morgan fingerprint density at radius 2 is 1.77 bits per heavy atom. The molecule has 0 aliphatic carbocycles. The molecule has 1 amide bonds. The first kappa shape index (κ1) is 21.6. The van der Waals surface area contributed by atoms with E-state index in [1.807, 2.05) is 61.0 Å². The maximum absolute atomic E-state index is 12.6. The minimum Gasteiger partial charge on any atom is -0.497 e. The lowest BCUT2D eigenvalue weighted by atomic mass is 10.1. The molecule has 30 heavy (non-hydrogen) atoms. The zero-order valence-electron chi connectivity index (χ0n) is 17.9. The van der Waals surface area contributed by atoms with Gasteiger partial charge in [-0.3, -0.25) is 9.48 Å². The highest BCUT2D eigenvalue weighted by Gasteiger charge is 2.18. The molecule has 1 N–H and O–H groups in total. The van der Waals surface area contributed by atoms with E-state index in [2.05, 4.69) is 22.5 Å². The van der Waals surface area contributed by atoms with E-state index in [1.54, 1.807) is 7.11 Å². The van der Waals surface area contributed by atoms with Crippen LogP contribution in [-0.4, -0.2) is 35.9 Å². The molecule has 0 aliphatic heterocycles. The van der Waals surface area contributed by atoms with E-state index in [0.717, 1.165) is 34.7 Å². The fraction of sp³-hybridized carbons (Fsp3) is 0.333. The van der Waals surface area contributed by atoms with Crippen LogP contribution in [0, 0.1) is 13.8 Å². The number of nitrogens with zero attached hydrogens (tertiary/aromatic N) is 2. The Bertz CT molecular complexity index is 950. The van der Waals surface area contributed by atoms with Crippen molar-refractivity contribution in [1.82, 2.24) is 15.1 Å². The number of benzene rings is 2. The lowest BCUT2D eigenvalue weighted by molar-refractivity contribution is 0.0933. The van der Waals surface area contributed by atoms with Crippen LogP contribution >= 0.6 is 0 Å². The molecule has 0 aliphatic rings. The fourth-order valence-corrected chi connectivity index (χ4v) is 3.31. The van der Waals surface area contributed by atoms with Gasteiger partial charge in [0.15, 0.2) is 0 Å². The minimum absolute atomic E-state index is 0.0838. The van der Waals surface area contributed by atoms with Crippen molar-refractivity contribution >= 4 is 5.91 Å². The maximum Gasteiger partial charge on any atom is 0.255 e. The molecule has 2 aromatic carbocycles. The van der Waals surface area contributed by atoms with Gasteiger partial charge in [-0.2, -0.15) is 5.10 Å². The summed E-state index contributed by atoms with van der Waals surface area (Å²) in [5.74, 6) is 0.749. The van der Waals surface area contributed by atoms with Gasteiger partial charge in [-0.1, -0.05) is 42.5 Å². The Kier molecular flexibility index (Phi) is 7.63. The number of rotatable bonds is 10. The third-order valence-corrected chi connectivity index (χ3v) is 4.96. The average molecular weight is 408 g/mol. The SMILES string of the molecule is COc1ccc(COCCCNC(=O)c2c(C)nn(Cc3ccccc3)c2C)cc1. The van der Waals surface area contributed by atoms with Crippen molar-refractivity contribution in [3.05, 3.63) is 82.7 Å². The Hall–Kier alpha value is -3.12. The van der Waals surface area contributed by atoms with Crippen molar-refractivity contribution in [3.63, 3.8) is 0 Å². The van der Waals surface area contributed by atoms with E-state index >= 15 is 0 Å². The number of amides is 1. The van der Waals surface area contributed by atoms with E-state index in [4.69, 9.17) is 9.47 Å². The van der Waals surface area contributed by atoms with Crippen LogP contribution in [0.1, 0.15) is 39.3 Å². The summed E-state index contributed by atoms with van der Waals surface area (Å²) < 4.78 is 12.7. The van der Waals surface area contributed by atoms with E-state index in [-0.39, 0.29) is 5.91 Å². The molecular formula is C24H29N3O3. The molecule has 3 rings (SSSR count). The highest BCUT2D eigenvalue weighted by atomic mass is 16.5. The van der Waals surface area contributed by atoms with Gasteiger partial charge in [0, 0.05) is 18.8 Å². The molecule has 6 heteroatoms. The number of carbonyl (C=O) groups excluding carboxylic acids is 1. The zero-order valence-corrected chi connectivity index (χ0v) is 17.9. The molecule has 0 fully saturated rings. The predicted molar refractivity (Wildman–Crippen MR) is 117 cm³/mol. The van der Waals surface area contributed by atoms with Gasteiger partial charge < -0.3 is 14.8 Å². The number of ether oxygens (including phenoxy) is 2. The fourth-order valence-electron chi connectivity index (χ4n) is 3.31. The van der Waals surface area contributed by atoms with Gasteiger partial charge in [0.1, 0.15) is 5.75 Å². The van der Waals surface area contributed by atoms with Crippen molar-refractivity contribution in [1.29, 1.82) is 0 Å². The Morgan fingerprint density at radius 1 is 1.03 bits per heavy atom. The Morgan fingerprint density at radius 3 is 2.47 bits per heavy atom. The second-order valence-corrected chi connectivity index (χ2v) is 7.20. The van der Waals surface area contributed by atoms with Crippen LogP contribution < -0.4 is 10.1 Å². The number of hydrogen-bond donors (Lipinski definition) is 1. The maximum atomic E-state index is 12.6. The van der Waals surface area contributed by atoms with Gasteiger partial charge in [-0.25, -0.2) is 0 Å². The van der Waals surface area contributed by atoms with Crippen LogP contribution in [0.2, 0.25) is 0 Å². The number of aromatic nitrogens is 2. The standard InChI is InChI=1S/C24H29N3O3/c1-18-23(19(2)27(26-18)16-20-8-5-4-6-9-20)24(28)25-14-7-15-30-17-21-10-12-22(29-3)13-11-21/h4-6,8-13H,7,14-17H2,1-3H3,(H,25,28). The third kappa shape index (κ3) is 5.70. The number of carbonyl (C=O) groups is 1. The summed E-state index contributed by atoms with van der Waals surface area (Å²) >= 11 is 0. The van der Waals surface area contributed by atoms with Crippen molar-refractivity contribution in [2.45, 2.75) is 33.4 Å². The molecule has 0 bridgehead atoms. The number of nitrogens with one attached hydrogen (secondary N) is 1. The predicted octanol–water partition coefficient (Wildman–Crippen LogP) is 3.89. The van der Waals surface area contributed by atoms with Gasteiger partial charge in [0.05, 0.1) is 31.5 Å². The van der Waals surface area contributed by atoms with Crippen molar-refractivity contribution in [3.8, 4) is 5.75 Å². The number of hydrogen-bond acceptors (Lipinski definition) is 4. The van der Waals surface area contributed by atoms with Gasteiger partial charge in [-0.15, -0.1) is 0 Å². The Labute approximate surface area is 177 Å². The summed E-state index contributed by atoms with van der Waals surface area (Å²) in [6, 6.07) is 17.9. The highest BCUT2D eigenvalue weighted by Crippen LogP contribution is 2.15. The average Bonchev–Trinajstić information content (AvgIpc) is 3.04. The van der Waals surface area contributed by atoms with Crippen LogP contribution in [0.15, 0.2) is 54.6 Å². The summed E-state index contributed by atoms with van der Waals surface area (Å²) in [6.45, 7) is 6.15. The molecule has 0 saturated carbocycles. The molecule has 0 saturated heterocycles. The highest BCUT2D eigenvalue weighted by molar-refractivity contribution is 5.96. The monoisotopic (exact) mass is 407 g/mol. The lowest BCUT2D eigenvalue weighted by Gasteiger charge is -2.08. The largest absolute Gasteiger partial charge is 0.497 e. The molecule has 1 aromatic heterocycles. The smallest absolute Gasteiger partial charge is 0.255 e. The van der Waals surface area contributed by atoms with Crippen LogP contribution in [0.5, 0.6) is 5.75 Å².